The van der Waals surface area contributed by atoms with Gasteiger partial charge in [0.1, 0.15) is 42.4 Å². The number of hydrogen-bond donors (Lipinski definition) is 9. The molecule has 1 aliphatic rings. The van der Waals surface area contributed by atoms with Crippen molar-refractivity contribution in [2.75, 3.05) is 6.61 Å². The molecule has 1 saturated heterocycles. The molecular formula is C45H80N6O11. The third-order valence-corrected chi connectivity index (χ3v) is 10.5. The van der Waals surface area contributed by atoms with E-state index in [1.165, 1.54) is 39.5 Å². The highest BCUT2D eigenvalue weighted by Crippen LogP contribution is 2.15. The van der Waals surface area contributed by atoms with E-state index in [9.17, 15) is 48.9 Å². The van der Waals surface area contributed by atoms with Gasteiger partial charge in [-0.25, -0.2) is 4.79 Å². The summed E-state index contributed by atoms with van der Waals surface area (Å²) >= 11 is 0. The average Bonchev–Trinajstić information content (AvgIpc) is 3.17. The molecule has 0 aliphatic carbocycles. The standard InChI is InChI=1S/C45H80N6O11/c1-10-11-12-13-14-15-16-17-18-19-20-21-32(54)25-37(55)46-33(22-27(2)3)41(57)51-39-31(9)62-45(61)35(24-29(6)7)48-40(56)34(23-28(4)5)47-43(59)38(30(8)53)50-42(58)36(26-52)49-44(39)60/h15-16,27-36,38-39,52-54H,10-14,17-26H2,1-9H3,(H,46,55)(H,47,59)(H,48,56)(H,49,60)(H,50,58)(H,51,57)/b16-15-/t30-,31-,32+,33+,34-,35+,36+,38-,39-/m0/s1. The first-order valence-electron chi connectivity index (χ1n) is 22.8. The number of amides is 6. The Morgan fingerprint density at radius 1 is 0.710 bits per heavy atom. The largest absolute Gasteiger partial charge is 0.458 e. The van der Waals surface area contributed by atoms with Gasteiger partial charge in [0.25, 0.3) is 0 Å². The van der Waals surface area contributed by atoms with Crippen LogP contribution in [0.5, 0.6) is 0 Å². The first-order valence-corrected chi connectivity index (χ1v) is 22.8. The van der Waals surface area contributed by atoms with Gasteiger partial charge in [-0.15, -0.1) is 0 Å². The van der Waals surface area contributed by atoms with Gasteiger partial charge in [0, 0.05) is 0 Å². The number of carbonyl (C=O) groups is 7. The van der Waals surface area contributed by atoms with Gasteiger partial charge in [-0.2, -0.15) is 0 Å². The van der Waals surface area contributed by atoms with Crippen LogP contribution in [-0.2, 0) is 38.3 Å². The molecular weight excluding hydrogens is 801 g/mol. The van der Waals surface area contributed by atoms with Crippen LogP contribution in [0.3, 0.4) is 0 Å². The van der Waals surface area contributed by atoms with E-state index < -0.39 is 103 Å². The van der Waals surface area contributed by atoms with Crippen LogP contribution < -0.4 is 31.9 Å². The van der Waals surface area contributed by atoms with Crippen LogP contribution >= 0.6 is 0 Å². The highest BCUT2D eigenvalue weighted by atomic mass is 16.5. The summed E-state index contributed by atoms with van der Waals surface area (Å²) < 4.78 is 5.73. The Morgan fingerprint density at radius 3 is 1.81 bits per heavy atom. The minimum absolute atomic E-state index is 0.104. The number of cyclic esters (lactones) is 1. The van der Waals surface area contributed by atoms with E-state index in [1.54, 1.807) is 0 Å². The summed E-state index contributed by atoms with van der Waals surface area (Å²) in [6, 6.07) is -8.65. The number of nitrogens with one attached hydrogen (secondary N) is 6. The van der Waals surface area contributed by atoms with Crippen molar-refractivity contribution in [1.82, 2.24) is 31.9 Å². The van der Waals surface area contributed by atoms with Crippen molar-refractivity contribution in [2.24, 2.45) is 17.8 Å². The fourth-order valence-corrected chi connectivity index (χ4v) is 7.04. The monoisotopic (exact) mass is 881 g/mol. The minimum atomic E-state index is -1.71. The van der Waals surface area contributed by atoms with Crippen molar-refractivity contribution in [3.05, 3.63) is 12.2 Å². The first-order chi connectivity index (χ1) is 29.2. The number of carbonyl (C=O) groups excluding carboxylic acids is 7. The van der Waals surface area contributed by atoms with Gasteiger partial charge in [-0.1, -0.05) is 92.7 Å². The molecule has 0 radical (unpaired) electrons. The lowest BCUT2D eigenvalue weighted by Crippen LogP contribution is -2.64. The zero-order valence-corrected chi connectivity index (χ0v) is 38.8. The molecule has 0 bridgehead atoms. The lowest BCUT2D eigenvalue weighted by molar-refractivity contribution is -0.156. The number of unbranched alkanes of at least 4 members (excludes halogenated alkanes) is 7. The Labute approximate surface area is 369 Å². The van der Waals surface area contributed by atoms with Crippen LogP contribution in [0.25, 0.3) is 0 Å². The zero-order chi connectivity index (χ0) is 46.9. The number of hydrogen-bond acceptors (Lipinski definition) is 11. The van der Waals surface area contributed by atoms with Gasteiger partial charge < -0.3 is 52.0 Å². The minimum Gasteiger partial charge on any atom is -0.458 e. The molecule has 1 rings (SSSR count). The van der Waals surface area contributed by atoms with Gasteiger partial charge in [0.05, 0.1) is 25.2 Å². The fraction of sp³-hybridized carbons (Fsp3) is 0.800. The van der Waals surface area contributed by atoms with Gasteiger partial charge >= 0.3 is 5.97 Å². The summed E-state index contributed by atoms with van der Waals surface area (Å²) in [4.78, 5) is 95.3. The molecule has 0 unspecified atom stereocenters. The summed E-state index contributed by atoms with van der Waals surface area (Å²) in [7, 11) is 0. The predicted molar refractivity (Wildman–Crippen MR) is 236 cm³/mol. The molecule has 6 amide bonds. The second kappa shape index (κ2) is 30.1. The number of rotatable bonds is 24. The topological polar surface area (TPSA) is 262 Å². The maximum Gasteiger partial charge on any atom is 0.328 e. The molecule has 0 aromatic rings. The first kappa shape index (κ1) is 55.9. The zero-order valence-electron chi connectivity index (χ0n) is 38.8. The Hall–Kier alpha value is -4.09. The molecule has 0 spiro atoms. The highest BCUT2D eigenvalue weighted by Gasteiger charge is 2.39. The molecule has 0 aromatic heterocycles. The number of aliphatic hydroxyl groups is 3. The number of allylic oxidation sites excluding steroid dienone is 2. The average molecular weight is 881 g/mol. The lowest BCUT2D eigenvalue weighted by Gasteiger charge is -2.31. The molecule has 0 aromatic carbocycles. The van der Waals surface area contributed by atoms with Crippen LogP contribution in [0.2, 0.25) is 0 Å². The van der Waals surface area contributed by atoms with E-state index in [4.69, 9.17) is 4.74 Å². The lowest BCUT2D eigenvalue weighted by atomic mass is 9.99. The van der Waals surface area contributed by atoms with Crippen molar-refractivity contribution >= 4 is 41.4 Å². The summed E-state index contributed by atoms with van der Waals surface area (Å²) in [5.41, 5.74) is 0. The van der Waals surface area contributed by atoms with Crippen LogP contribution in [-0.4, -0.2) is 118 Å². The number of esters is 1. The maximum absolute atomic E-state index is 14.0. The Balaban J connectivity index is 3.32. The third-order valence-electron chi connectivity index (χ3n) is 10.5. The van der Waals surface area contributed by atoms with Crippen molar-refractivity contribution < 1.29 is 53.6 Å². The van der Waals surface area contributed by atoms with Crippen LogP contribution in [0.4, 0.5) is 0 Å². The van der Waals surface area contributed by atoms with E-state index in [1.807, 2.05) is 41.5 Å². The summed E-state index contributed by atoms with van der Waals surface area (Å²) in [6.45, 7) is 14.7. The van der Waals surface area contributed by atoms with Crippen molar-refractivity contribution in [1.29, 1.82) is 0 Å². The predicted octanol–water partition coefficient (Wildman–Crippen LogP) is 2.58. The summed E-state index contributed by atoms with van der Waals surface area (Å²) in [5.74, 6) is -6.51. The van der Waals surface area contributed by atoms with Crippen molar-refractivity contribution in [2.45, 2.75) is 207 Å². The Bertz CT molecular complexity index is 1440. The third kappa shape index (κ3) is 22.3. The molecule has 17 nitrogen and oxygen atoms in total. The van der Waals surface area contributed by atoms with E-state index in [0.29, 0.717) is 6.42 Å². The molecule has 9 N–H and O–H groups in total. The summed E-state index contributed by atoms with van der Waals surface area (Å²) in [6.07, 6.45) is 10.6. The molecule has 356 valence electrons. The number of aliphatic hydroxyl groups excluding tert-OH is 3. The van der Waals surface area contributed by atoms with Crippen LogP contribution in [0, 0.1) is 17.8 Å². The second-order valence-electron chi connectivity index (χ2n) is 18.0. The van der Waals surface area contributed by atoms with Crippen molar-refractivity contribution in [3.63, 3.8) is 0 Å². The van der Waals surface area contributed by atoms with E-state index in [-0.39, 0.29) is 43.4 Å². The van der Waals surface area contributed by atoms with Gasteiger partial charge in [-0.05, 0) is 83.0 Å². The second-order valence-corrected chi connectivity index (χ2v) is 18.0. The van der Waals surface area contributed by atoms with E-state index >= 15 is 0 Å². The quantitative estimate of drug-likeness (QED) is 0.0387. The molecule has 17 heteroatoms. The maximum atomic E-state index is 14.0. The molecule has 1 fully saturated rings. The van der Waals surface area contributed by atoms with Gasteiger partial charge in [0.2, 0.25) is 35.4 Å². The molecule has 9 atom stereocenters. The highest BCUT2D eigenvalue weighted by molar-refractivity contribution is 5.97. The SMILES string of the molecule is CCCCCC/C=C\CCCCC[C@@H](O)CC(=O)N[C@H](CC(C)C)C(=O)N[C@@H]1C(=O)N[C@H](CO)C(=O)N[C@@H]([C@H](C)O)C(=O)N[C@@H](CC(C)C)C(=O)N[C@H](CC(C)C)C(=O)O[C@H]1C. The normalized spacial score (nSPS) is 23.6. The van der Waals surface area contributed by atoms with Gasteiger partial charge in [-0.3, -0.25) is 28.8 Å². The smallest absolute Gasteiger partial charge is 0.328 e. The van der Waals surface area contributed by atoms with E-state index in [2.05, 4.69) is 51.0 Å². The van der Waals surface area contributed by atoms with Crippen LogP contribution in [0.1, 0.15) is 152 Å². The molecule has 0 saturated carbocycles. The fourth-order valence-electron chi connectivity index (χ4n) is 7.04. The Kier molecular flexibility index (Phi) is 27.1. The van der Waals surface area contributed by atoms with Crippen LogP contribution in [0.15, 0.2) is 12.2 Å². The van der Waals surface area contributed by atoms with Crippen molar-refractivity contribution in [3.8, 4) is 0 Å². The van der Waals surface area contributed by atoms with Gasteiger partial charge in [0.15, 0.2) is 0 Å². The molecule has 1 heterocycles. The molecule has 62 heavy (non-hydrogen) atoms. The van der Waals surface area contributed by atoms with E-state index in [0.717, 1.165) is 32.1 Å². The Morgan fingerprint density at radius 2 is 1.26 bits per heavy atom. The molecule has 1 aliphatic heterocycles. The number of ether oxygens (including phenoxy) is 1. The summed E-state index contributed by atoms with van der Waals surface area (Å²) in [5, 5.41) is 46.4.